The smallest absolute Gasteiger partial charge is 0.390 e. The van der Waals surface area contributed by atoms with Crippen LogP contribution in [-0.4, -0.2) is 39.3 Å². The van der Waals surface area contributed by atoms with E-state index in [9.17, 15) is 22.0 Å². The van der Waals surface area contributed by atoms with Gasteiger partial charge in [0.2, 0.25) is 15.9 Å². The number of sulfonamides is 1. The largest absolute Gasteiger partial charge is 0.448 e. The Labute approximate surface area is 185 Å². The van der Waals surface area contributed by atoms with E-state index in [2.05, 4.69) is 26.2 Å². The van der Waals surface area contributed by atoms with Gasteiger partial charge in [-0.05, 0) is 42.8 Å². The summed E-state index contributed by atoms with van der Waals surface area (Å²) in [6.07, 6.45) is 0.709. The van der Waals surface area contributed by atoms with Crippen molar-refractivity contribution in [3.8, 4) is 5.75 Å². The summed E-state index contributed by atoms with van der Waals surface area (Å²) in [7, 11) is -3.86. The molecule has 2 aromatic carbocycles. The van der Waals surface area contributed by atoms with E-state index in [0.29, 0.717) is 5.75 Å². The monoisotopic (exact) mass is 517 g/mol. The van der Waals surface area contributed by atoms with E-state index >= 15 is 0 Å². The van der Waals surface area contributed by atoms with Gasteiger partial charge in [0.15, 0.2) is 17.7 Å². The van der Waals surface area contributed by atoms with Crippen molar-refractivity contribution in [1.29, 1.82) is 0 Å². The standard InChI is InChI=1S/C19H18BrF2N3O5S/c1-10(11-6-14(21)17(15(22)7-11)25-31(2,27)28)23-18(26)16-9-29-19(24-16)30-13-5-3-4-12(20)8-13/h3-8,10,16,25H,9H2,1-2H3,(H,23,26)/t10-,16?/m1/s1. The second kappa shape index (κ2) is 9.18. The number of hydrogen-bond donors (Lipinski definition) is 2. The third-order valence-electron chi connectivity index (χ3n) is 4.14. The van der Waals surface area contributed by atoms with Crippen molar-refractivity contribution >= 4 is 43.6 Å². The molecule has 1 aliphatic heterocycles. The number of rotatable bonds is 6. The number of anilines is 1. The quantitative estimate of drug-likeness (QED) is 0.612. The molecule has 1 amide bonds. The van der Waals surface area contributed by atoms with Crippen LogP contribution < -0.4 is 14.8 Å². The van der Waals surface area contributed by atoms with Crippen LogP contribution in [0.3, 0.4) is 0 Å². The highest BCUT2D eigenvalue weighted by atomic mass is 79.9. The van der Waals surface area contributed by atoms with E-state index in [4.69, 9.17) is 9.47 Å². The van der Waals surface area contributed by atoms with Gasteiger partial charge in [-0.15, -0.1) is 0 Å². The molecule has 2 aromatic rings. The van der Waals surface area contributed by atoms with Crippen molar-refractivity contribution < 1.29 is 31.5 Å². The number of amides is 1. The fraction of sp³-hybridized carbons (Fsp3) is 0.263. The van der Waals surface area contributed by atoms with E-state index in [1.165, 1.54) is 6.92 Å². The molecule has 0 aromatic heterocycles. The molecule has 2 atom stereocenters. The van der Waals surface area contributed by atoms with Crippen LogP contribution >= 0.6 is 15.9 Å². The molecule has 0 saturated carbocycles. The molecule has 3 rings (SSSR count). The Morgan fingerprint density at radius 3 is 2.58 bits per heavy atom. The maximum absolute atomic E-state index is 14.2. The van der Waals surface area contributed by atoms with Crippen LogP contribution in [0.15, 0.2) is 45.9 Å². The molecule has 2 N–H and O–H groups in total. The van der Waals surface area contributed by atoms with Crippen LogP contribution in [0.1, 0.15) is 18.5 Å². The van der Waals surface area contributed by atoms with E-state index in [1.54, 1.807) is 22.9 Å². The SMILES string of the molecule is C[C@@H](NC(=O)C1COC(Oc2cccc(Br)c2)=N1)c1cc(F)c(NS(C)(=O)=O)c(F)c1. The van der Waals surface area contributed by atoms with E-state index in [1.807, 2.05) is 6.07 Å². The molecule has 166 valence electrons. The molecule has 0 fully saturated rings. The summed E-state index contributed by atoms with van der Waals surface area (Å²) in [5, 5.41) is 2.59. The fourth-order valence-electron chi connectivity index (χ4n) is 2.69. The first-order valence-corrected chi connectivity index (χ1v) is 11.6. The van der Waals surface area contributed by atoms with Gasteiger partial charge in [0, 0.05) is 4.47 Å². The Morgan fingerprint density at radius 1 is 1.29 bits per heavy atom. The predicted molar refractivity (Wildman–Crippen MR) is 113 cm³/mol. The van der Waals surface area contributed by atoms with E-state index in [0.717, 1.165) is 22.9 Å². The predicted octanol–water partition coefficient (Wildman–Crippen LogP) is 3.11. The number of benzene rings is 2. The molecule has 31 heavy (non-hydrogen) atoms. The first-order chi connectivity index (χ1) is 14.5. The molecule has 0 bridgehead atoms. The van der Waals surface area contributed by atoms with Gasteiger partial charge in [0.1, 0.15) is 18.0 Å². The van der Waals surface area contributed by atoms with Crippen molar-refractivity contribution in [2.24, 2.45) is 4.99 Å². The van der Waals surface area contributed by atoms with Crippen molar-refractivity contribution in [3.63, 3.8) is 0 Å². The lowest BCUT2D eigenvalue weighted by atomic mass is 10.1. The average Bonchev–Trinajstić information content (AvgIpc) is 3.12. The summed E-state index contributed by atoms with van der Waals surface area (Å²) in [5.41, 5.74) is -0.677. The summed E-state index contributed by atoms with van der Waals surface area (Å²) in [5.74, 6) is -2.27. The maximum atomic E-state index is 14.2. The molecule has 0 spiro atoms. The third kappa shape index (κ3) is 6.14. The van der Waals surface area contributed by atoms with Gasteiger partial charge in [-0.25, -0.2) is 17.2 Å². The van der Waals surface area contributed by atoms with Crippen molar-refractivity contribution in [2.75, 3.05) is 17.6 Å². The molecule has 1 unspecified atom stereocenters. The number of carbonyl (C=O) groups is 1. The van der Waals surface area contributed by atoms with E-state index < -0.39 is 45.3 Å². The number of ether oxygens (including phenoxy) is 2. The topological polar surface area (TPSA) is 106 Å². The maximum Gasteiger partial charge on any atom is 0.390 e. The summed E-state index contributed by atoms with van der Waals surface area (Å²) in [6, 6.07) is 7.17. The minimum absolute atomic E-state index is 0.0537. The molecule has 1 aliphatic rings. The van der Waals surface area contributed by atoms with Crippen LogP contribution in [0.4, 0.5) is 14.5 Å². The first kappa shape index (κ1) is 22.9. The Hall–Kier alpha value is -2.73. The van der Waals surface area contributed by atoms with Gasteiger partial charge in [0.25, 0.3) is 0 Å². The average molecular weight is 518 g/mol. The van der Waals surface area contributed by atoms with Gasteiger partial charge in [-0.1, -0.05) is 22.0 Å². The molecule has 8 nitrogen and oxygen atoms in total. The van der Waals surface area contributed by atoms with Crippen molar-refractivity contribution in [2.45, 2.75) is 19.0 Å². The number of nitrogens with zero attached hydrogens (tertiary/aromatic N) is 1. The Morgan fingerprint density at radius 2 is 1.97 bits per heavy atom. The van der Waals surface area contributed by atoms with Gasteiger partial charge in [0.05, 0.1) is 12.3 Å². The van der Waals surface area contributed by atoms with Crippen LogP contribution in [-0.2, 0) is 19.6 Å². The highest BCUT2D eigenvalue weighted by molar-refractivity contribution is 9.10. The lowest BCUT2D eigenvalue weighted by Gasteiger charge is -2.17. The Balaban J connectivity index is 1.66. The number of halogens is 3. The molecular weight excluding hydrogens is 500 g/mol. The molecule has 0 saturated heterocycles. The van der Waals surface area contributed by atoms with E-state index in [-0.39, 0.29) is 18.3 Å². The highest BCUT2D eigenvalue weighted by Crippen LogP contribution is 2.25. The molecule has 0 aliphatic carbocycles. The minimum atomic E-state index is -3.86. The second-order valence-corrected chi connectivity index (χ2v) is 9.41. The minimum Gasteiger partial charge on any atom is -0.448 e. The van der Waals surface area contributed by atoms with Crippen LogP contribution in [0.2, 0.25) is 0 Å². The summed E-state index contributed by atoms with van der Waals surface area (Å²) in [6.45, 7) is 1.47. The first-order valence-electron chi connectivity index (χ1n) is 8.93. The third-order valence-corrected chi connectivity index (χ3v) is 5.21. The zero-order chi connectivity index (χ0) is 22.8. The van der Waals surface area contributed by atoms with Gasteiger partial charge >= 0.3 is 6.08 Å². The zero-order valence-corrected chi connectivity index (χ0v) is 18.8. The van der Waals surface area contributed by atoms with Crippen molar-refractivity contribution in [1.82, 2.24) is 5.32 Å². The summed E-state index contributed by atoms with van der Waals surface area (Å²) in [4.78, 5) is 16.5. The lowest BCUT2D eigenvalue weighted by Crippen LogP contribution is -2.36. The zero-order valence-electron chi connectivity index (χ0n) is 16.4. The highest BCUT2D eigenvalue weighted by Gasteiger charge is 2.29. The normalized spacial score (nSPS) is 16.8. The Bertz CT molecular complexity index is 1120. The molecule has 1 heterocycles. The van der Waals surface area contributed by atoms with Gasteiger partial charge in [-0.3, -0.25) is 9.52 Å². The number of carbonyl (C=O) groups excluding carboxylic acids is 1. The second-order valence-electron chi connectivity index (χ2n) is 6.75. The van der Waals surface area contributed by atoms with Gasteiger partial charge in [-0.2, -0.15) is 4.99 Å². The van der Waals surface area contributed by atoms with Crippen LogP contribution in [0.5, 0.6) is 5.75 Å². The molecule has 0 radical (unpaired) electrons. The fourth-order valence-corrected chi connectivity index (χ4v) is 3.64. The Kier molecular flexibility index (Phi) is 6.80. The number of nitrogens with one attached hydrogen (secondary N) is 2. The number of hydrogen-bond acceptors (Lipinski definition) is 6. The van der Waals surface area contributed by atoms with Crippen molar-refractivity contribution in [3.05, 3.63) is 58.1 Å². The molecular formula is C19H18BrF2N3O5S. The van der Waals surface area contributed by atoms with Crippen LogP contribution in [0, 0.1) is 11.6 Å². The summed E-state index contributed by atoms with van der Waals surface area (Å²) >= 11 is 3.31. The lowest BCUT2D eigenvalue weighted by molar-refractivity contribution is -0.123. The molecule has 12 heteroatoms. The van der Waals surface area contributed by atoms with Crippen LogP contribution in [0.25, 0.3) is 0 Å². The van der Waals surface area contributed by atoms with Gasteiger partial charge < -0.3 is 14.8 Å². The number of aliphatic imine (C=N–C) groups is 1. The summed E-state index contributed by atoms with van der Waals surface area (Å²) < 4.78 is 64.2.